The molecule has 1 aromatic carbocycles. The van der Waals surface area contributed by atoms with Gasteiger partial charge in [-0.15, -0.1) is 0 Å². The van der Waals surface area contributed by atoms with Gasteiger partial charge in [0.05, 0.1) is 25.0 Å². The predicted octanol–water partition coefficient (Wildman–Crippen LogP) is 1.67. The summed E-state index contributed by atoms with van der Waals surface area (Å²) in [6.07, 6.45) is -0.795. The highest BCUT2D eigenvalue weighted by atomic mass is 35.5. The van der Waals surface area contributed by atoms with Crippen molar-refractivity contribution >= 4 is 29.4 Å². The molecule has 18 heavy (non-hydrogen) atoms. The maximum Gasteiger partial charge on any atom is 0.411 e. The minimum absolute atomic E-state index is 0.139. The molecule has 0 aliphatic rings. The van der Waals surface area contributed by atoms with Gasteiger partial charge in [-0.3, -0.25) is 5.32 Å². The first-order valence-electron chi connectivity index (χ1n) is 5.01. The Morgan fingerprint density at radius 1 is 1.44 bits per heavy atom. The lowest BCUT2D eigenvalue weighted by Crippen LogP contribution is -2.18. The topological polar surface area (TPSA) is 84.9 Å². The number of hydrogen-bond donors (Lipinski definition) is 2. The second kappa shape index (κ2) is 6.83. The molecule has 0 aliphatic carbocycles. The number of rotatable bonds is 4. The third-order valence-corrected chi connectivity index (χ3v) is 2.18. The minimum atomic E-state index is -0.795. The Balaban J connectivity index is 2.88. The first-order chi connectivity index (χ1) is 8.58. The average molecular weight is 274 g/mol. The Labute approximate surface area is 108 Å². The van der Waals surface area contributed by atoms with E-state index in [9.17, 15) is 9.59 Å². The summed E-state index contributed by atoms with van der Waals surface area (Å²) in [5, 5.41) is 11.2. The summed E-state index contributed by atoms with van der Waals surface area (Å²) >= 11 is 5.77. The lowest BCUT2D eigenvalue weighted by molar-refractivity contribution is 0.0602. The van der Waals surface area contributed by atoms with E-state index < -0.39 is 12.1 Å². The number of aliphatic hydroxyl groups is 1. The smallest absolute Gasteiger partial charge is 0.411 e. The fraction of sp³-hybridized carbons (Fsp3) is 0.273. The molecule has 0 spiro atoms. The molecule has 0 saturated carbocycles. The second-order valence-electron chi connectivity index (χ2n) is 3.17. The molecule has 0 aromatic heterocycles. The second-order valence-corrected chi connectivity index (χ2v) is 3.60. The van der Waals surface area contributed by atoms with Crippen molar-refractivity contribution < 1.29 is 24.2 Å². The molecule has 1 amide bonds. The van der Waals surface area contributed by atoms with Gasteiger partial charge in [0.1, 0.15) is 6.61 Å². The van der Waals surface area contributed by atoms with E-state index in [-0.39, 0.29) is 24.5 Å². The van der Waals surface area contributed by atoms with Crippen LogP contribution in [0.2, 0.25) is 5.02 Å². The first kappa shape index (κ1) is 14.3. The van der Waals surface area contributed by atoms with Crippen LogP contribution in [0.1, 0.15) is 10.4 Å². The fourth-order valence-corrected chi connectivity index (χ4v) is 1.36. The summed E-state index contributed by atoms with van der Waals surface area (Å²) in [6, 6.07) is 4.32. The van der Waals surface area contributed by atoms with Crippen molar-refractivity contribution in [3.8, 4) is 0 Å². The molecule has 0 fully saturated rings. The Hall–Kier alpha value is -1.79. The van der Waals surface area contributed by atoms with Gasteiger partial charge in [0.2, 0.25) is 0 Å². The lowest BCUT2D eigenvalue weighted by Gasteiger charge is -2.10. The van der Waals surface area contributed by atoms with Crippen LogP contribution in [-0.2, 0) is 9.47 Å². The number of hydrogen-bond acceptors (Lipinski definition) is 5. The highest BCUT2D eigenvalue weighted by Gasteiger charge is 2.14. The molecule has 0 bridgehead atoms. The maximum absolute atomic E-state index is 11.4. The van der Waals surface area contributed by atoms with Gasteiger partial charge in [-0.05, 0) is 18.2 Å². The van der Waals surface area contributed by atoms with Gasteiger partial charge in [0.15, 0.2) is 0 Å². The van der Waals surface area contributed by atoms with Crippen LogP contribution in [0.15, 0.2) is 18.2 Å². The average Bonchev–Trinajstić information content (AvgIpc) is 2.35. The number of benzene rings is 1. The first-order valence-corrected chi connectivity index (χ1v) is 5.38. The third kappa shape index (κ3) is 3.90. The van der Waals surface area contributed by atoms with Crippen molar-refractivity contribution in [3.63, 3.8) is 0 Å². The molecule has 98 valence electrons. The van der Waals surface area contributed by atoms with Crippen molar-refractivity contribution in [1.29, 1.82) is 0 Å². The van der Waals surface area contributed by atoms with Crippen molar-refractivity contribution in [2.24, 2.45) is 0 Å². The quantitative estimate of drug-likeness (QED) is 0.815. The highest BCUT2D eigenvalue weighted by Crippen LogP contribution is 2.22. The Kier molecular flexibility index (Phi) is 5.41. The van der Waals surface area contributed by atoms with E-state index in [0.717, 1.165) is 0 Å². The number of carbonyl (C=O) groups is 2. The SMILES string of the molecule is COC(=O)c1ccc(Cl)cc1NC(=O)OCCO. The van der Waals surface area contributed by atoms with E-state index in [0.29, 0.717) is 5.02 Å². The number of ether oxygens (including phenoxy) is 2. The van der Waals surface area contributed by atoms with Crippen LogP contribution in [0, 0.1) is 0 Å². The Morgan fingerprint density at radius 3 is 2.78 bits per heavy atom. The van der Waals surface area contributed by atoms with Crippen LogP contribution in [0.25, 0.3) is 0 Å². The summed E-state index contributed by atoms with van der Waals surface area (Å²) in [4.78, 5) is 22.7. The molecule has 0 saturated heterocycles. The number of carbonyl (C=O) groups excluding carboxylic acids is 2. The van der Waals surface area contributed by atoms with Crippen molar-refractivity contribution in [3.05, 3.63) is 28.8 Å². The summed E-state index contributed by atoms with van der Waals surface area (Å²) in [5.41, 5.74) is 0.333. The zero-order chi connectivity index (χ0) is 13.5. The fourth-order valence-electron chi connectivity index (χ4n) is 1.19. The molecule has 1 aromatic rings. The molecule has 0 unspecified atom stereocenters. The van der Waals surface area contributed by atoms with Gasteiger partial charge in [-0.1, -0.05) is 11.6 Å². The minimum Gasteiger partial charge on any atom is -0.465 e. The van der Waals surface area contributed by atoms with Gasteiger partial charge in [0.25, 0.3) is 0 Å². The van der Waals surface area contributed by atoms with Crippen LogP contribution in [-0.4, -0.2) is 37.5 Å². The van der Waals surface area contributed by atoms with Crippen molar-refractivity contribution in [1.82, 2.24) is 0 Å². The summed E-state index contributed by atoms with van der Waals surface area (Å²) in [5.74, 6) is -0.607. The summed E-state index contributed by atoms with van der Waals surface area (Å²) in [6.45, 7) is -0.424. The molecule has 0 aliphatic heterocycles. The van der Waals surface area contributed by atoms with Crippen LogP contribution in [0.3, 0.4) is 0 Å². The lowest BCUT2D eigenvalue weighted by atomic mass is 10.2. The van der Waals surface area contributed by atoms with Gasteiger partial charge in [-0.25, -0.2) is 9.59 Å². The van der Waals surface area contributed by atoms with E-state index >= 15 is 0 Å². The standard InChI is InChI=1S/C11H12ClNO5/c1-17-10(15)8-3-2-7(12)6-9(8)13-11(16)18-5-4-14/h2-3,6,14H,4-5H2,1H3,(H,13,16). The van der Waals surface area contributed by atoms with Crippen LogP contribution in [0.4, 0.5) is 10.5 Å². The molecule has 0 radical (unpaired) electrons. The predicted molar refractivity (Wildman–Crippen MR) is 64.8 cm³/mol. The molecular weight excluding hydrogens is 262 g/mol. The van der Waals surface area contributed by atoms with E-state index in [4.69, 9.17) is 16.7 Å². The van der Waals surface area contributed by atoms with Gasteiger partial charge >= 0.3 is 12.1 Å². The molecular formula is C11H12ClNO5. The van der Waals surface area contributed by atoms with E-state index in [1.165, 1.54) is 25.3 Å². The van der Waals surface area contributed by atoms with E-state index in [2.05, 4.69) is 14.8 Å². The normalized spacial score (nSPS) is 9.72. The van der Waals surface area contributed by atoms with Crippen molar-refractivity contribution in [2.75, 3.05) is 25.6 Å². The molecule has 0 atom stereocenters. The molecule has 6 nitrogen and oxygen atoms in total. The summed E-state index contributed by atoms with van der Waals surface area (Å²) in [7, 11) is 1.23. The number of methoxy groups -OCH3 is 1. The van der Waals surface area contributed by atoms with Gasteiger partial charge < -0.3 is 14.6 Å². The van der Waals surface area contributed by atoms with Crippen molar-refractivity contribution in [2.45, 2.75) is 0 Å². The third-order valence-electron chi connectivity index (χ3n) is 1.95. The zero-order valence-corrected chi connectivity index (χ0v) is 10.4. The number of amides is 1. The molecule has 1 rings (SSSR count). The largest absolute Gasteiger partial charge is 0.465 e. The number of anilines is 1. The van der Waals surface area contributed by atoms with Gasteiger partial charge in [0, 0.05) is 5.02 Å². The van der Waals surface area contributed by atoms with Crippen LogP contribution < -0.4 is 5.32 Å². The molecule has 2 N–H and O–H groups in total. The number of nitrogens with one attached hydrogen (secondary N) is 1. The van der Waals surface area contributed by atoms with E-state index in [1.54, 1.807) is 0 Å². The zero-order valence-electron chi connectivity index (χ0n) is 9.60. The van der Waals surface area contributed by atoms with Crippen LogP contribution in [0.5, 0.6) is 0 Å². The Morgan fingerprint density at radius 2 is 2.17 bits per heavy atom. The molecule has 0 heterocycles. The number of esters is 1. The Bertz CT molecular complexity index is 449. The van der Waals surface area contributed by atoms with E-state index in [1.807, 2.05) is 0 Å². The number of aliphatic hydroxyl groups excluding tert-OH is 1. The van der Waals surface area contributed by atoms with Crippen LogP contribution >= 0.6 is 11.6 Å². The monoisotopic (exact) mass is 273 g/mol. The molecule has 7 heteroatoms. The number of halogens is 1. The highest BCUT2D eigenvalue weighted by molar-refractivity contribution is 6.31. The van der Waals surface area contributed by atoms with Gasteiger partial charge in [-0.2, -0.15) is 0 Å². The maximum atomic E-state index is 11.4. The summed E-state index contributed by atoms with van der Waals surface area (Å²) < 4.78 is 9.17.